The summed E-state index contributed by atoms with van der Waals surface area (Å²) in [5, 5.41) is 21.2. The summed E-state index contributed by atoms with van der Waals surface area (Å²) in [7, 11) is 0. The number of benzene rings is 2. The van der Waals surface area contributed by atoms with E-state index in [0.29, 0.717) is 36.4 Å². The number of nitrogens with one attached hydrogen (secondary N) is 4. The molecule has 0 spiro atoms. The van der Waals surface area contributed by atoms with Crippen molar-refractivity contribution in [1.29, 1.82) is 0 Å². The van der Waals surface area contributed by atoms with Gasteiger partial charge in [-0.3, -0.25) is 33.6 Å². The summed E-state index contributed by atoms with van der Waals surface area (Å²) >= 11 is 0. The molecule has 2 aliphatic heterocycles. The molecule has 18 nitrogen and oxygen atoms in total. The van der Waals surface area contributed by atoms with Crippen LogP contribution in [0, 0.1) is 11.8 Å². The van der Waals surface area contributed by atoms with E-state index in [9.17, 15) is 43.5 Å². The summed E-state index contributed by atoms with van der Waals surface area (Å²) < 4.78 is 0. The van der Waals surface area contributed by atoms with Crippen LogP contribution in [0.3, 0.4) is 0 Å². The summed E-state index contributed by atoms with van der Waals surface area (Å²) in [6.07, 6.45) is 1.54. The van der Waals surface area contributed by atoms with Crippen molar-refractivity contribution < 1.29 is 48.3 Å². The van der Waals surface area contributed by atoms with Gasteiger partial charge in [-0.25, -0.2) is 4.79 Å². The Morgan fingerprint density at radius 3 is 1.98 bits per heavy atom. The van der Waals surface area contributed by atoms with Gasteiger partial charge < -0.3 is 47.6 Å². The average molecular weight is 849 g/mol. The first-order valence-electron chi connectivity index (χ1n) is 20.9. The predicted octanol–water partition coefficient (Wildman–Crippen LogP) is 0.483. The number of hydroxylamine groups is 2. The van der Waals surface area contributed by atoms with E-state index in [0.717, 1.165) is 5.56 Å². The van der Waals surface area contributed by atoms with Crippen molar-refractivity contribution in [3.8, 4) is 5.75 Å². The maximum atomic E-state index is 14.5. The van der Waals surface area contributed by atoms with Gasteiger partial charge in [-0.1, -0.05) is 70.2 Å². The molecule has 0 unspecified atom stereocenters. The molecule has 61 heavy (non-hydrogen) atoms. The normalized spacial score (nSPS) is 17.7. The zero-order valence-corrected chi connectivity index (χ0v) is 35.3. The maximum absolute atomic E-state index is 14.5. The van der Waals surface area contributed by atoms with Gasteiger partial charge in [0.1, 0.15) is 36.0 Å². The van der Waals surface area contributed by atoms with Crippen LogP contribution in [0.2, 0.25) is 0 Å². The highest BCUT2D eigenvalue weighted by Gasteiger charge is 2.41. The van der Waals surface area contributed by atoms with E-state index < -0.39 is 89.5 Å². The van der Waals surface area contributed by atoms with Crippen LogP contribution in [0.15, 0.2) is 54.6 Å². The zero-order valence-electron chi connectivity index (χ0n) is 35.3. The third-order valence-electron chi connectivity index (χ3n) is 10.5. The largest absolute Gasteiger partial charge is 0.508 e. The summed E-state index contributed by atoms with van der Waals surface area (Å²) in [5.41, 5.74) is 12.9. The third kappa shape index (κ3) is 13.8. The van der Waals surface area contributed by atoms with Crippen LogP contribution in [0.1, 0.15) is 83.8 Å². The quantitative estimate of drug-likeness (QED) is 0.0846. The van der Waals surface area contributed by atoms with Crippen LogP contribution >= 0.6 is 0 Å². The van der Waals surface area contributed by atoms with Crippen molar-refractivity contribution in [2.24, 2.45) is 23.3 Å². The van der Waals surface area contributed by atoms with Gasteiger partial charge in [0.2, 0.25) is 29.5 Å². The van der Waals surface area contributed by atoms with E-state index in [1.807, 2.05) is 19.9 Å². The molecule has 0 aromatic heterocycles. The first-order valence-corrected chi connectivity index (χ1v) is 20.9. The lowest BCUT2D eigenvalue weighted by atomic mass is 10.00. The van der Waals surface area contributed by atoms with Crippen LogP contribution in [0.25, 0.3) is 0 Å². The minimum absolute atomic E-state index is 0.0158. The van der Waals surface area contributed by atoms with E-state index in [4.69, 9.17) is 16.3 Å². The number of phenolic OH excluding ortho intramolecular Hbond substituents is 1. The Hall–Kier alpha value is -5.88. The Bertz CT molecular complexity index is 1860. The van der Waals surface area contributed by atoms with E-state index >= 15 is 0 Å². The minimum Gasteiger partial charge on any atom is -0.508 e. The van der Waals surface area contributed by atoms with Crippen molar-refractivity contribution in [1.82, 2.24) is 31.2 Å². The van der Waals surface area contributed by atoms with Crippen molar-refractivity contribution in [3.63, 3.8) is 0 Å². The highest BCUT2D eigenvalue weighted by Crippen LogP contribution is 2.22. The number of aromatic hydroxyl groups is 1. The number of rotatable bonds is 21. The summed E-state index contributed by atoms with van der Waals surface area (Å²) in [6, 6.07) is 8.23. The zero-order chi connectivity index (χ0) is 44.8. The molecule has 7 amide bonds. The molecule has 0 bridgehead atoms. The molecule has 18 heteroatoms. The molecule has 2 aliphatic rings. The number of phenols is 1. The Balaban J connectivity index is 1.57. The number of carbonyl (C=O) groups excluding carboxylic acids is 8. The van der Waals surface area contributed by atoms with Gasteiger partial charge in [0, 0.05) is 32.2 Å². The standard InChI is InChI=1S/C43H60N8O10/c1-25(2)22-31(46-38(55)30(45)12-8-20-44)39(56)48-33(24-27-10-6-5-7-11-27)42(59)50-21-9-13-34(50)41(58)47-32(23-28-14-16-29(52)17-15-28)40(57)49-37(26(3)4)43(60)61-51-35(53)18-19-36(51)54/h5-7,10-11,14-17,25-26,30-34,37,52H,8-9,12-13,18-24,44-45H2,1-4H3,(H,46,55)(H,47,58)(H,48,56)(H,49,57)/t30-,31-,32+,33+,34-,37-/m0/s1. The fourth-order valence-electron chi connectivity index (χ4n) is 7.18. The van der Waals surface area contributed by atoms with E-state index in [-0.39, 0.29) is 56.7 Å². The SMILES string of the molecule is CC(C)C[C@H](NC(=O)[C@@H](N)CCCN)C(=O)N[C@H](Cc1ccccc1)C(=O)N1CCC[C@H]1C(=O)N[C@H](Cc1ccc(O)cc1)C(=O)N[C@H](C(=O)ON1C(=O)CCC1=O)C(C)C. The topological polar surface area (TPSA) is 273 Å². The van der Waals surface area contributed by atoms with Gasteiger partial charge in [0.05, 0.1) is 6.04 Å². The molecule has 2 saturated heterocycles. The highest BCUT2D eigenvalue weighted by molar-refractivity contribution is 6.02. The van der Waals surface area contributed by atoms with Crippen molar-refractivity contribution >= 4 is 47.3 Å². The molecule has 2 heterocycles. The monoisotopic (exact) mass is 848 g/mol. The number of nitrogens with two attached hydrogens (primary N) is 2. The molecular weight excluding hydrogens is 789 g/mol. The number of nitrogens with zero attached hydrogens (tertiary/aromatic N) is 2. The first kappa shape index (κ1) is 47.8. The second-order valence-electron chi connectivity index (χ2n) is 16.3. The van der Waals surface area contributed by atoms with Crippen LogP contribution < -0.4 is 32.7 Å². The average Bonchev–Trinajstić information content (AvgIpc) is 3.84. The van der Waals surface area contributed by atoms with Crippen LogP contribution in [-0.4, -0.2) is 112 Å². The van der Waals surface area contributed by atoms with Gasteiger partial charge in [-0.15, -0.1) is 5.06 Å². The first-order chi connectivity index (χ1) is 29.0. The number of imide groups is 1. The molecule has 0 saturated carbocycles. The Morgan fingerprint density at radius 2 is 1.38 bits per heavy atom. The molecule has 2 aromatic rings. The minimum atomic E-state index is -1.33. The van der Waals surface area contributed by atoms with Gasteiger partial charge in [0.15, 0.2) is 0 Å². The number of hydrogen-bond acceptors (Lipinski definition) is 12. The molecule has 2 fully saturated rings. The number of carbonyl (C=O) groups is 8. The molecule has 2 aromatic carbocycles. The number of likely N-dealkylation sites (tertiary alicyclic amines) is 1. The number of hydrogen-bond donors (Lipinski definition) is 7. The van der Waals surface area contributed by atoms with Gasteiger partial charge in [-0.05, 0) is 73.7 Å². The molecule has 0 radical (unpaired) electrons. The molecular formula is C43H60N8O10. The van der Waals surface area contributed by atoms with Crippen LogP contribution in [0.5, 0.6) is 5.75 Å². The highest BCUT2D eigenvalue weighted by atomic mass is 16.7. The lowest BCUT2D eigenvalue weighted by molar-refractivity contribution is -0.199. The molecule has 6 atom stereocenters. The van der Waals surface area contributed by atoms with Gasteiger partial charge in [-0.2, -0.15) is 0 Å². The van der Waals surface area contributed by atoms with Crippen molar-refractivity contribution in [2.45, 2.75) is 122 Å². The second-order valence-corrected chi connectivity index (χ2v) is 16.3. The van der Waals surface area contributed by atoms with Gasteiger partial charge in [0.25, 0.3) is 11.8 Å². The fourth-order valence-corrected chi connectivity index (χ4v) is 7.18. The lowest BCUT2D eigenvalue weighted by Gasteiger charge is -2.31. The summed E-state index contributed by atoms with van der Waals surface area (Å²) in [4.78, 5) is 114. The molecule has 332 valence electrons. The summed E-state index contributed by atoms with van der Waals surface area (Å²) in [6.45, 7) is 7.55. The predicted molar refractivity (Wildman–Crippen MR) is 222 cm³/mol. The van der Waals surface area contributed by atoms with Crippen molar-refractivity contribution in [2.75, 3.05) is 13.1 Å². The summed E-state index contributed by atoms with van der Waals surface area (Å²) in [5.74, 6) is -6.15. The van der Waals surface area contributed by atoms with Gasteiger partial charge >= 0.3 is 5.97 Å². The molecule has 4 rings (SSSR count). The van der Waals surface area contributed by atoms with E-state index in [2.05, 4.69) is 21.3 Å². The molecule has 9 N–H and O–H groups in total. The Kier molecular flexibility index (Phi) is 17.7. The lowest BCUT2D eigenvalue weighted by Crippen LogP contribution is -2.60. The maximum Gasteiger partial charge on any atom is 0.355 e. The van der Waals surface area contributed by atoms with Crippen LogP contribution in [-0.2, 0) is 56.0 Å². The van der Waals surface area contributed by atoms with E-state index in [1.54, 1.807) is 50.2 Å². The molecule has 0 aliphatic carbocycles. The fraction of sp³-hybridized carbons (Fsp3) is 0.535. The van der Waals surface area contributed by atoms with E-state index in [1.165, 1.54) is 17.0 Å². The van der Waals surface area contributed by atoms with Crippen molar-refractivity contribution in [3.05, 3.63) is 65.7 Å². The third-order valence-corrected chi connectivity index (χ3v) is 10.5. The van der Waals surface area contributed by atoms with Crippen LogP contribution in [0.4, 0.5) is 0 Å². The second kappa shape index (κ2) is 22.6. The Labute approximate surface area is 355 Å². The Morgan fingerprint density at radius 1 is 0.787 bits per heavy atom. The smallest absolute Gasteiger partial charge is 0.355 e. The number of amides is 7.